The summed E-state index contributed by atoms with van der Waals surface area (Å²) >= 11 is 6.03. The van der Waals surface area contributed by atoms with E-state index in [-0.39, 0.29) is 16.5 Å². The van der Waals surface area contributed by atoms with Crippen LogP contribution in [0.2, 0.25) is 5.02 Å². The number of rotatable bonds is 9. The van der Waals surface area contributed by atoms with Crippen LogP contribution in [-0.4, -0.2) is 34.2 Å². The number of benzene rings is 1. The second-order valence-electron chi connectivity index (χ2n) is 5.01. The second-order valence-corrected chi connectivity index (χ2v) is 7.16. The average Bonchev–Trinajstić information content (AvgIpc) is 3.27. The molecule has 1 aliphatic carbocycles. The van der Waals surface area contributed by atoms with Crippen molar-refractivity contribution in [2.24, 2.45) is 0 Å². The summed E-state index contributed by atoms with van der Waals surface area (Å²) in [4.78, 5) is 0.121. The Kier molecular flexibility index (Phi) is 6.01. The highest BCUT2D eigenvalue weighted by molar-refractivity contribution is 7.89. The normalized spacial score (nSPS) is 15.3. The molecule has 0 spiro atoms. The first kappa shape index (κ1) is 16.7. The fraction of sp³-hybridized carbons (Fsp3) is 0.571. The molecule has 0 amide bonds. The van der Waals surface area contributed by atoms with Gasteiger partial charge < -0.3 is 10.1 Å². The van der Waals surface area contributed by atoms with Crippen LogP contribution in [0, 0.1) is 0 Å². The van der Waals surface area contributed by atoms with Crippen LogP contribution < -0.4 is 10.0 Å². The van der Waals surface area contributed by atoms with Crippen molar-refractivity contribution < 1.29 is 13.2 Å². The van der Waals surface area contributed by atoms with Gasteiger partial charge in [-0.1, -0.05) is 17.7 Å². The summed E-state index contributed by atoms with van der Waals surface area (Å²) in [5.74, 6) is 0. The summed E-state index contributed by atoms with van der Waals surface area (Å²) in [6.45, 7) is 3.66. The molecule has 0 saturated heterocycles. The second kappa shape index (κ2) is 7.56. The third kappa shape index (κ3) is 5.23. The largest absolute Gasteiger partial charge is 0.380 e. The summed E-state index contributed by atoms with van der Waals surface area (Å²) in [5.41, 5.74) is 0.913. The first-order valence-corrected chi connectivity index (χ1v) is 8.98. The van der Waals surface area contributed by atoms with E-state index in [1.807, 2.05) is 13.0 Å². The minimum atomic E-state index is -3.61. The number of halogens is 1. The van der Waals surface area contributed by atoms with Crippen LogP contribution in [0.3, 0.4) is 0 Å². The number of hydrogen-bond donors (Lipinski definition) is 2. The van der Waals surface area contributed by atoms with E-state index in [2.05, 4.69) is 10.0 Å². The van der Waals surface area contributed by atoms with Crippen LogP contribution in [-0.2, 0) is 21.3 Å². The van der Waals surface area contributed by atoms with Crippen LogP contribution in [0.1, 0.15) is 25.3 Å². The van der Waals surface area contributed by atoms with Crippen molar-refractivity contribution in [2.75, 3.05) is 19.8 Å². The Bertz CT molecular complexity index is 574. The summed E-state index contributed by atoms with van der Waals surface area (Å²) < 4.78 is 32.1. The Morgan fingerprint density at radius 3 is 2.81 bits per heavy atom. The van der Waals surface area contributed by atoms with Gasteiger partial charge in [0, 0.05) is 25.7 Å². The van der Waals surface area contributed by atoms with Gasteiger partial charge in [0.05, 0.1) is 11.6 Å². The Hall–Kier alpha value is -0.660. The lowest BCUT2D eigenvalue weighted by atomic mass is 10.2. The molecular weight excluding hydrogens is 312 g/mol. The van der Waals surface area contributed by atoms with Gasteiger partial charge in [-0.05, 0) is 37.5 Å². The molecule has 0 bridgehead atoms. The molecule has 118 valence electrons. The van der Waals surface area contributed by atoms with E-state index in [1.54, 1.807) is 12.1 Å². The molecule has 0 aliphatic heterocycles. The Balaban J connectivity index is 2.03. The van der Waals surface area contributed by atoms with Gasteiger partial charge in [0.1, 0.15) is 4.90 Å². The van der Waals surface area contributed by atoms with E-state index in [9.17, 15) is 8.42 Å². The minimum Gasteiger partial charge on any atom is -0.380 e. The number of nitrogens with one attached hydrogen (secondary N) is 2. The first-order valence-electron chi connectivity index (χ1n) is 7.12. The molecule has 0 heterocycles. The molecule has 1 saturated carbocycles. The quantitative estimate of drug-likeness (QED) is 0.678. The average molecular weight is 333 g/mol. The molecule has 7 heteroatoms. The Labute approximate surface area is 131 Å². The van der Waals surface area contributed by atoms with Crippen molar-refractivity contribution in [1.29, 1.82) is 0 Å². The number of sulfonamides is 1. The maximum atomic E-state index is 12.2. The molecule has 21 heavy (non-hydrogen) atoms. The van der Waals surface area contributed by atoms with Crippen molar-refractivity contribution in [3.63, 3.8) is 0 Å². The molecule has 0 aromatic heterocycles. The van der Waals surface area contributed by atoms with Crippen molar-refractivity contribution >= 4 is 21.6 Å². The van der Waals surface area contributed by atoms with E-state index >= 15 is 0 Å². The fourth-order valence-electron chi connectivity index (χ4n) is 1.88. The molecule has 1 fully saturated rings. The molecule has 0 atom stereocenters. The zero-order chi connectivity index (χ0) is 15.3. The Morgan fingerprint density at radius 1 is 1.38 bits per heavy atom. The van der Waals surface area contributed by atoms with Gasteiger partial charge in [-0.3, -0.25) is 0 Å². The number of hydrogen-bond acceptors (Lipinski definition) is 4. The monoisotopic (exact) mass is 332 g/mol. The first-order chi connectivity index (χ1) is 10.0. The minimum absolute atomic E-state index is 0.121. The third-order valence-electron chi connectivity index (χ3n) is 3.20. The van der Waals surface area contributed by atoms with Crippen LogP contribution in [0.5, 0.6) is 0 Å². The van der Waals surface area contributed by atoms with Crippen molar-refractivity contribution in [3.8, 4) is 0 Å². The summed E-state index contributed by atoms with van der Waals surface area (Å²) in [5, 5.41) is 3.58. The highest BCUT2D eigenvalue weighted by atomic mass is 35.5. The fourth-order valence-corrected chi connectivity index (χ4v) is 3.44. The molecule has 2 N–H and O–H groups in total. The predicted octanol–water partition coefficient (Wildman–Crippen LogP) is 1.91. The standard InChI is InChI=1S/C14H21ClN2O3S/c1-2-20-8-7-17-21(18,19)14-9-11(3-6-13(14)15)10-16-12-4-5-12/h3,6,9,12,16-17H,2,4-5,7-8,10H2,1H3. The summed E-state index contributed by atoms with van der Waals surface area (Å²) in [7, 11) is -3.61. The van der Waals surface area contributed by atoms with Gasteiger partial charge in [-0.15, -0.1) is 0 Å². The van der Waals surface area contributed by atoms with Crippen LogP contribution in [0.25, 0.3) is 0 Å². The van der Waals surface area contributed by atoms with Gasteiger partial charge in [0.15, 0.2) is 0 Å². The van der Waals surface area contributed by atoms with Crippen LogP contribution >= 0.6 is 11.6 Å². The lowest BCUT2D eigenvalue weighted by Crippen LogP contribution is -2.28. The van der Waals surface area contributed by atoms with E-state index in [0.717, 1.165) is 5.56 Å². The molecule has 1 aromatic carbocycles. The lowest BCUT2D eigenvalue weighted by Gasteiger charge is -2.11. The van der Waals surface area contributed by atoms with Gasteiger partial charge in [-0.25, -0.2) is 13.1 Å². The molecule has 0 radical (unpaired) electrons. The zero-order valence-electron chi connectivity index (χ0n) is 12.1. The Morgan fingerprint density at radius 2 is 2.14 bits per heavy atom. The van der Waals surface area contributed by atoms with Gasteiger partial charge in [0.25, 0.3) is 0 Å². The highest BCUT2D eigenvalue weighted by Gasteiger charge is 2.21. The molecule has 1 aliphatic rings. The van der Waals surface area contributed by atoms with Crippen molar-refractivity contribution in [2.45, 2.75) is 37.2 Å². The SMILES string of the molecule is CCOCCNS(=O)(=O)c1cc(CNC2CC2)ccc1Cl. The smallest absolute Gasteiger partial charge is 0.242 e. The lowest BCUT2D eigenvalue weighted by molar-refractivity contribution is 0.153. The van der Waals surface area contributed by atoms with E-state index < -0.39 is 10.0 Å². The third-order valence-corrected chi connectivity index (χ3v) is 5.14. The van der Waals surface area contributed by atoms with Crippen LogP contribution in [0.15, 0.2) is 23.1 Å². The molecule has 1 aromatic rings. The molecule has 0 unspecified atom stereocenters. The van der Waals surface area contributed by atoms with Crippen LogP contribution in [0.4, 0.5) is 0 Å². The number of ether oxygens (including phenoxy) is 1. The zero-order valence-corrected chi connectivity index (χ0v) is 13.6. The maximum Gasteiger partial charge on any atom is 0.242 e. The topological polar surface area (TPSA) is 67.4 Å². The maximum absolute atomic E-state index is 12.2. The van der Waals surface area contributed by atoms with Gasteiger partial charge in [-0.2, -0.15) is 0 Å². The van der Waals surface area contributed by atoms with Crippen molar-refractivity contribution in [1.82, 2.24) is 10.0 Å². The molecule has 2 rings (SSSR count). The van der Waals surface area contributed by atoms with E-state index in [1.165, 1.54) is 12.8 Å². The molecule has 5 nitrogen and oxygen atoms in total. The van der Waals surface area contributed by atoms with Gasteiger partial charge in [0.2, 0.25) is 10.0 Å². The van der Waals surface area contributed by atoms with E-state index in [4.69, 9.17) is 16.3 Å². The van der Waals surface area contributed by atoms with Crippen molar-refractivity contribution in [3.05, 3.63) is 28.8 Å². The molecular formula is C14H21ClN2O3S. The highest BCUT2D eigenvalue weighted by Crippen LogP contribution is 2.24. The predicted molar refractivity (Wildman–Crippen MR) is 83.0 cm³/mol. The van der Waals surface area contributed by atoms with E-state index in [0.29, 0.717) is 25.8 Å². The summed E-state index contributed by atoms with van der Waals surface area (Å²) in [6, 6.07) is 5.67. The van der Waals surface area contributed by atoms with Gasteiger partial charge >= 0.3 is 0 Å². The summed E-state index contributed by atoms with van der Waals surface area (Å²) in [6.07, 6.45) is 2.38.